The maximum absolute atomic E-state index is 11.7. The Hall–Kier alpha value is -0.810. The number of hydrogen-bond acceptors (Lipinski definition) is 3. The van der Waals surface area contributed by atoms with Gasteiger partial charge in [0.25, 0.3) is 0 Å². The lowest BCUT2D eigenvalue weighted by molar-refractivity contribution is -0.121. The predicted molar refractivity (Wildman–Crippen MR) is 114 cm³/mol. The maximum Gasteiger partial charge on any atom is 0.220 e. The highest BCUT2D eigenvalue weighted by atomic mass is 35.5. The lowest BCUT2D eigenvalue weighted by Crippen LogP contribution is -2.38. The van der Waals surface area contributed by atoms with E-state index in [1.807, 2.05) is 7.05 Å². The number of amides is 1. The number of hydrogen-bond donors (Lipinski definition) is 2. The second kappa shape index (κ2) is 13.4. The Morgan fingerprint density at radius 2 is 1.65 bits per heavy atom. The second-order valence-electron chi connectivity index (χ2n) is 7.44. The van der Waals surface area contributed by atoms with Crippen molar-refractivity contribution in [1.82, 2.24) is 15.5 Å². The number of benzene rings is 1. The van der Waals surface area contributed by atoms with Gasteiger partial charge < -0.3 is 10.6 Å². The summed E-state index contributed by atoms with van der Waals surface area (Å²) in [6, 6.07) is 8.68. The van der Waals surface area contributed by atoms with Gasteiger partial charge in [-0.1, -0.05) is 38.1 Å². The first-order chi connectivity index (χ1) is 11.6. The normalized spacial score (nSPS) is 20.0. The SMILES string of the molecule is CNCCCC(=O)NCc1ccc(CN2CC(C)CC(C)C2)cc1.Cl.Cl. The van der Waals surface area contributed by atoms with E-state index in [1.54, 1.807) is 0 Å². The third-order valence-corrected chi connectivity index (χ3v) is 4.69. The highest BCUT2D eigenvalue weighted by Crippen LogP contribution is 2.22. The summed E-state index contributed by atoms with van der Waals surface area (Å²) in [6.45, 7) is 9.65. The zero-order valence-corrected chi connectivity index (χ0v) is 17.9. The molecule has 1 fully saturated rings. The molecule has 0 radical (unpaired) electrons. The first-order valence-electron chi connectivity index (χ1n) is 9.28. The van der Waals surface area contributed by atoms with Crippen LogP contribution in [-0.2, 0) is 17.9 Å². The highest BCUT2D eigenvalue weighted by Gasteiger charge is 2.21. The second-order valence-corrected chi connectivity index (χ2v) is 7.44. The van der Waals surface area contributed by atoms with E-state index in [0.29, 0.717) is 13.0 Å². The number of carbonyl (C=O) groups excluding carboxylic acids is 1. The predicted octanol–water partition coefficient (Wildman–Crippen LogP) is 3.62. The van der Waals surface area contributed by atoms with Crippen LogP contribution in [0.15, 0.2) is 24.3 Å². The van der Waals surface area contributed by atoms with Gasteiger partial charge in [-0.15, -0.1) is 24.8 Å². The van der Waals surface area contributed by atoms with Gasteiger partial charge in [-0.3, -0.25) is 9.69 Å². The van der Waals surface area contributed by atoms with Crippen LogP contribution in [-0.4, -0.2) is 37.5 Å². The number of rotatable bonds is 8. The van der Waals surface area contributed by atoms with Crippen LogP contribution in [0.4, 0.5) is 0 Å². The number of likely N-dealkylation sites (tertiary alicyclic amines) is 1. The van der Waals surface area contributed by atoms with E-state index >= 15 is 0 Å². The van der Waals surface area contributed by atoms with Gasteiger partial charge in [0.15, 0.2) is 0 Å². The van der Waals surface area contributed by atoms with Crippen LogP contribution in [0.1, 0.15) is 44.2 Å². The Balaban J connectivity index is 0.00000312. The molecule has 0 spiro atoms. The molecule has 26 heavy (non-hydrogen) atoms. The van der Waals surface area contributed by atoms with Gasteiger partial charge in [0.05, 0.1) is 0 Å². The molecule has 0 aromatic heterocycles. The third kappa shape index (κ3) is 9.22. The largest absolute Gasteiger partial charge is 0.352 e. The van der Waals surface area contributed by atoms with Crippen LogP contribution in [0.25, 0.3) is 0 Å². The lowest BCUT2D eigenvalue weighted by Gasteiger charge is -2.35. The Labute approximate surface area is 171 Å². The molecule has 1 heterocycles. The van der Waals surface area contributed by atoms with E-state index in [4.69, 9.17) is 0 Å². The van der Waals surface area contributed by atoms with Crippen molar-refractivity contribution in [1.29, 1.82) is 0 Å². The molecule has 1 aromatic carbocycles. The Morgan fingerprint density at radius 3 is 2.23 bits per heavy atom. The van der Waals surface area contributed by atoms with Gasteiger partial charge >= 0.3 is 0 Å². The van der Waals surface area contributed by atoms with Gasteiger partial charge in [-0.05, 0) is 49.4 Å². The number of nitrogens with one attached hydrogen (secondary N) is 2. The molecular formula is C20H35Cl2N3O. The summed E-state index contributed by atoms with van der Waals surface area (Å²) in [7, 11) is 1.91. The molecule has 6 heteroatoms. The van der Waals surface area contributed by atoms with Crippen molar-refractivity contribution in [2.45, 2.75) is 46.2 Å². The molecule has 2 N–H and O–H groups in total. The molecule has 0 bridgehead atoms. The standard InChI is InChI=1S/C20H33N3O.2ClH/c1-16-11-17(2)14-23(13-16)15-19-8-6-18(7-9-19)12-22-20(24)5-4-10-21-3;;/h6-9,16-17,21H,4-5,10-15H2,1-3H3,(H,22,24);2*1H. The number of halogens is 2. The quantitative estimate of drug-likeness (QED) is 0.651. The van der Waals surface area contributed by atoms with Gasteiger partial charge in [0.1, 0.15) is 0 Å². The maximum atomic E-state index is 11.7. The number of carbonyl (C=O) groups is 1. The summed E-state index contributed by atoms with van der Waals surface area (Å²) in [6.07, 6.45) is 2.82. The summed E-state index contributed by atoms with van der Waals surface area (Å²) >= 11 is 0. The molecule has 1 aromatic rings. The van der Waals surface area contributed by atoms with Gasteiger partial charge in [-0.2, -0.15) is 0 Å². The fraction of sp³-hybridized carbons (Fsp3) is 0.650. The van der Waals surface area contributed by atoms with Gasteiger partial charge in [-0.25, -0.2) is 0 Å². The topological polar surface area (TPSA) is 44.4 Å². The summed E-state index contributed by atoms with van der Waals surface area (Å²) < 4.78 is 0. The van der Waals surface area contributed by atoms with Crippen LogP contribution in [0.5, 0.6) is 0 Å². The Bertz CT molecular complexity index is 500. The Morgan fingerprint density at radius 1 is 1.08 bits per heavy atom. The molecule has 1 aliphatic rings. The van der Waals surface area contributed by atoms with Crippen molar-refractivity contribution in [3.63, 3.8) is 0 Å². The highest BCUT2D eigenvalue weighted by molar-refractivity contribution is 5.85. The average Bonchev–Trinajstić information content (AvgIpc) is 2.53. The molecule has 1 saturated heterocycles. The van der Waals surface area contributed by atoms with Crippen molar-refractivity contribution in [3.8, 4) is 0 Å². The van der Waals surface area contributed by atoms with Crippen LogP contribution in [0.2, 0.25) is 0 Å². The minimum Gasteiger partial charge on any atom is -0.352 e. The molecule has 2 unspecified atom stereocenters. The fourth-order valence-electron chi connectivity index (χ4n) is 3.66. The smallest absolute Gasteiger partial charge is 0.220 e. The average molecular weight is 404 g/mol. The van der Waals surface area contributed by atoms with Crippen molar-refractivity contribution >= 4 is 30.7 Å². The van der Waals surface area contributed by atoms with Crippen molar-refractivity contribution in [2.75, 3.05) is 26.7 Å². The molecule has 1 aliphatic heterocycles. The summed E-state index contributed by atoms with van der Waals surface area (Å²) in [5.41, 5.74) is 2.53. The first-order valence-corrected chi connectivity index (χ1v) is 9.28. The molecular weight excluding hydrogens is 369 g/mol. The molecule has 2 rings (SSSR count). The van der Waals surface area contributed by atoms with E-state index in [2.05, 4.69) is 53.6 Å². The minimum atomic E-state index is 0. The van der Waals surface area contributed by atoms with E-state index < -0.39 is 0 Å². The van der Waals surface area contributed by atoms with Crippen molar-refractivity contribution < 1.29 is 4.79 Å². The monoisotopic (exact) mass is 403 g/mol. The molecule has 2 atom stereocenters. The van der Waals surface area contributed by atoms with E-state index in [1.165, 1.54) is 30.6 Å². The molecule has 150 valence electrons. The number of nitrogens with zero attached hydrogens (tertiary/aromatic N) is 1. The van der Waals surface area contributed by atoms with Gasteiger partial charge in [0.2, 0.25) is 5.91 Å². The van der Waals surface area contributed by atoms with Crippen molar-refractivity contribution in [3.05, 3.63) is 35.4 Å². The summed E-state index contributed by atoms with van der Waals surface area (Å²) in [4.78, 5) is 14.3. The zero-order chi connectivity index (χ0) is 17.4. The van der Waals surface area contributed by atoms with E-state index in [0.717, 1.165) is 31.3 Å². The first kappa shape index (κ1) is 25.2. The third-order valence-electron chi connectivity index (χ3n) is 4.69. The summed E-state index contributed by atoms with van der Waals surface area (Å²) in [5, 5.41) is 6.05. The van der Waals surface area contributed by atoms with Crippen LogP contribution >= 0.6 is 24.8 Å². The Kier molecular flexibility index (Phi) is 13.0. The summed E-state index contributed by atoms with van der Waals surface area (Å²) in [5.74, 6) is 1.72. The van der Waals surface area contributed by atoms with Crippen LogP contribution in [0, 0.1) is 11.8 Å². The van der Waals surface area contributed by atoms with E-state index in [9.17, 15) is 4.79 Å². The lowest BCUT2D eigenvalue weighted by atomic mass is 9.91. The van der Waals surface area contributed by atoms with Crippen LogP contribution in [0.3, 0.4) is 0 Å². The number of piperidine rings is 1. The molecule has 1 amide bonds. The van der Waals surface area contributed by atoms with Crippen molar-refractivity contribution in [2.24, 2.45) is 11.8 Å². The fourth-order valence-corrected chi connectivity index (χ4v) is 3.66. The molecule has 0 aliphatic carbocycles. The molecule has 4 nitrogen and oxygen atoms in total. The minimum absolute atomic E-state index is 0. The van der Waals surface area contributed by atoms with E-state index in [-0.39, 0.29) is 30.7 Å². The van der Waals surface area contributed by atoms with Gasteiger partial charge in [0, 0.05) is 32.6 Å². The van der Waals surface area contributed by atoms with Crippen LogP contribution < -0.4 is 10.6 Å². The zero-order valence-electron chi connectivity index (χ0n) is 16.3. The molecule has 0 saturated carbocycles.